The van der Waals surface area contributed by atoms with Gasteiger partial charge >= 0.3 is 0 Å². The summed E-state index contributed by atoms with van der Waals surface area (Å²) in [7, 11) is 1.54. The molecule has 0 aromatic heterocycles. The first-order chi connectivity index (χ1) is 15.5. The second-order valence-electron chi connectivity index (χ2n) is 7.53. The third kappa shape index (κ3) is 3.05. The predicted molar refractivity (Wildman–Crippen MR) is 116 cm³/mol. The monoisotopic (exact) mass is 432 g/mol. The number of ether oxygens (including phenoxy) is 1. The van der Waals surface area contributed by atoms with E-state index in [1.54, 1.807) is 24.3 Å². The fraction of sp³-hybridized carbons (Fsp3) is 0.120. The summed E-state index contributed by atoms with van der Waals surface area (Å²) in [4.78, 5) is 29.8. The van der Waals surface area contributed by atoms with Crippen LogP contribution in [0.2, 0.25) is 0 Å². The second kappa shape index (κ2) is 7.60. The van der Waals surface area contributed by atoms with E-state index in [-0.39, 0.29) is 17.0 Å². The van der Waals surface area contributed by atoms with Crippen LogP contribution >= 0.6 is 0 Å². The summed E-state index contributed by atoms with van der Waals surface area (Å²) < 4.78 is 32.6. The molecular weight excluding hydrogens is 414 g/mol. The molecule has 0 bridgehead atoms. The van der Waals surface area contributed by atoms with Gasteiger partial charge in [0.2, 0.25) is 0 Å². The molecule has 2 heterocycles. The Labute approximate surface area is 183 Å². The molecule has 32 heavy (non-hydrogen) atoms. The SMILES string of the molecule is COc1ccc(C2=C(N3CCc4ccccc43)C(=O)N(c3ccc(F)c(F)c3)C2=O)cc1. The summed E-state index contributed by atoms with van der Waals surface area (Å²) in [5, 5.41) is 0. The fourth-order valence-corrected chi connectivity index (χ4v) is 4.22. The van der Waals surface area contributed by atoms with E-state index in [0.29, 0.717) is 17.9 Å². The van der Waals surface area contributed by atoms with Crippen molar-refractivity contribution in [1.82, 2.24) is 0 Å². The van der Waals surface area contributed by atoms with Gasteiger partial charge in [-0.3, -0.25) is 9.59 Å². The average Bonchev–Trinajstić information content (AvgIpc) is 3.34. The Morgan fingerprint density at radius 3 is 2.34 bits per heavy atom. The zero-order chi connectivity index (χ0) is 22.4. The minimum Gasteiger partial charge on any atom is -0.497 e. The van der Waals surface area contributed by atoms with Crippen molar-refractivity contribution < 1.29 is 23.1 Å². The van der Waals surface area contributed by atoms with Crippen LogP contribution in [0.15, 0.2) is 72.4 Å². The molecule has 0 saturated heterocycles. The maximum absolute atomic E-state index is 13.9. The lowest BCUT2D eigenvalue weighted by Gasteiger charge is -2.22. The van der Waals surface area contributed by atoms with Gasteiger partial charge in [0.25, 0.3) is 11.8 Å². The average molecular weight is 432 g/mol. The zero-order valence-corrected chi connectivity index (χ0v) is 17.1. The lowest BCUT2D eigenvalue weighted by Crippen LogP contribution is -2.35. The highest BCUT2D eigenvalue weighted by Gasteiger charge is 2.44. The van der Waals surface area contributed by atoms with Crippen LogP contribution in [0.5, 0.6) is 5.75 Å². The number of carbonyl (C=O) groups is 2. The molecule has 5 rings (SSSR count). The molecule has 0 atom stereocenters. The molecule has 0 radical (unpaired) electrons. The number of carbonyl (C=O) groups excluding carboxylic acids is 2. The minimum absolute atomic E-state index is 0.0209. The third-order valence-corrected chi connectivity index (χ3v) is 5.76. The van der Waals surface area contributed by atoms with Crippen molar-refractivity contribution in [2.24, 2.45) is 0 Å². The molecule has 7 heteroatoms. The minimum atomic E-state index is -1.13. The van der Waals surface area contributed by atoms with Crippen molar-refractivity contribution in [3.63, 3.8) is 0 Å². The van der Waals surface area contributed by atoms with E-state index in [0.717, 1.165) is 34.7 Å². The molecule has 0 unspecified atom stereocenters. The van der Waals surface area contributed by atoms with Gasteiger partial charge in [-0.15, -0.1) is 0 Å². The number of anilines is 2. The largest absolute Gasteiger partial charge is 0.497 e. The number of benzene rings is 3. The highest BCUT2D eigenvalue weighted by Crippen LogP contribution is 2.40. The van der Waals surface area contributed by atoms with Crippen LogP contribution in [0, 0.1) is 11.6 Å². The van der Waals surface area contributed by atoms with Gasteiger partial charge in [-0.05, 0) is 47.9 Å². The molecule has 0 spiro atoms. The number of hydrogen-bond donors (Lipinski definition) is 0. The van der Waals surface area contributed by atoms with Gasteiger partial charge in [0.15, 0.2) is 11.6 Å². The van der Waals surface area contributed by atoms with Crippen molar-refractivity contribution in [2.75, 3.05) is 23.5 Å². The quantitative estimate of drug-likeness (QED) is 0.577. The Bertz CT molecular complexity index is 1280. The molecule has 0 fully saturated rings. The number of imide groups is 1. The fourth-order valence-electron chi connectivity index (χ4n) is 4.22. The molecule has 5 nitrogen and oxygen atoms in total. The smallest absolute Gasteiger partial charge is 0.282 e. The number of fused-ring (bicyclic) bond motifs is 1. The summed E-state index contributed by atoms with van der Waals surface area (Å²) in [6, 6.07) is 17.5. The molecule has 3 aromatic rings. The van der Waals surface area contributed by atoms with Gasteiger partial charge in [0, 0.05) is 18.3 Å². The van der Waals surface area contributed by atoms with Crippen molar-refractivity contribution in [3.8, 4) is 5.75 Å². The lowest BCUT2D eigenvalue weighted by atomic mass is 10.0. The van der Waals surface area contributed by atoms with Crippen LogP contribution in [-0.4, -0.2) is 25.5 Å². The summed E-state index contributed by atoms with van der Waals surface area (Å²) in [6.45, 7) is 0.527. The number of hydrogen-bond acceptors (Lipinski definition) is 4. The van der Waals surface area contributed by atoms with E-state index in [1.807, 2.05) is 29.2 Å². The first-order valence-corrected chi connectivity index (χ1v) is 10.1. The predicted octanol–water partition coefficient (Wildman–Crippen LogP) is 4.32. The van der Waals surface area contributed by atoms with Gasteiger partial charge in [0.1, 0.15) is 11.4 Å². The first-order valence-electron chi connectivity index (χ1n) is 10.1. The number of rotatable bonds is 4. The summed E-state index contributed by atoms with van der Waals surface area (Å²) in [6.07, 6.45) is 0.724. The molecule has 2 aliphatic heterocycles. The molecule has 160 valence electrons. The van der Waals surface area contributed by atoms with Gasteiger partial charge in [-0.1, -0.05) is 30.3 Å². The molecule has 3 aromatic carbocycles. The highest BCUT2D eigenvalue weighted by atomic mass is 19.2. The Hall–Kier alpha value is -4.00. The standard InChI is InChI=1S/C25H18F2N2O3/c1-32-18-9-6-16(7-10-18)22-23(28-13-12-15-4-2-3-5-21(15)28)25(31)29(24(22)30)17-8-11-19(26)20(27)14-17/h2-11,14H,12-13H2,1H3. The van der Waals surface area contributed by atoms with E-state index < -0.39 is 23.4 Å². The Balaban J connectivity index is 1.67. The molecule has 0 saturated carbocycles. The lowest BCUT2D eigenvalue weighted by molar-refractivity contribution is -0.120. The number of para-hydroxylation sites is 1. The molecule has 2 aliphatic rings. The third-order valence-electron chi connectivity index (χ3n) is 5.76. The van der Waals surface area contributed by atoms with Gasteiger partial charge in [0.05, 0.1) is 18.4 Å². The van der Waals surface area contributed by atoms with E-state index in [2.05, 4.69) is 0 Å². The number of amides is 2. The maximum atomic E-state index is 13.9. The highest BCUT2D eigenvalue weighted by molar-refractivity contribution is 6.46. The van der Waals surface area contributed by atoms with Crippen LogP contribution in [0.4, 0.5) is 20.2 Å². The van der Waals surface area contributed by atoms with Crippen molar-refractivity contribution in [1.29, 1.82) is 0 Å². The van der Waals surface area contributed by atoms with Gasteiger partial charge < -0.3 is 9.64 Å². The van der Waals surface area contributed by atoms with Crippen molar-refractivity contribution in [2.45, 2.75) is 6.42 Å². The van der Waals surface area contributed by atoms with Crippen LogP contribution in [0.1, 0.15) is 11.1 Å². The first kappa shape index (κ1) is 19.9. The topological polar surface area (TPSA) is 49.9 Å². The summed E-state index contributed by atoms with van der Waals surface area (Å²) >= 11 is 0. The van der Waals surface area contributed by atoms with Crippen LogP contribution in [0.25, 0.3) is 5.57 Å². The molecular formula is C25H18F2N2O3. The van der Waals surface area contributed by atoms with E-state index in [4.69, 9.17) is 4.74 Å². The van der Waals surface area contributed by atoms with Crippen molar-refractivity contribution in [3.05, 3.63) is 95.2 Å². The van der Waals surface area contributed by atoms with E-state index in [1.165, 1.54) is 13.2 Å². The van der Waals surface area contributed by atoms with Crippen LogP contribution < -0.4 is 14.5 Å². The second-order valence-corrected chi connectivity index (χ2v) is 7.53. The van der Waals surface area contributed by atoms with Gasteiger partial charge in [-0.25, -0.2) is 13.7 Å². The summed E-state index contributed by atoms with van der Waals surface area (Å²) in [5.74, 6) is -2.75. The Kier molecular flexibility index (Phi) is 4.74. The normalized spacial score (nSPS) is 15.6. The zero-order valence-electron chi connectivity index (χ0n) is 17.1. The van der Waals surface area contributed by atoms with Gasteiger partial charge in [-0.2, -0.15) is 0 Å². The summed E-state index contributed by atoms with van der Waals surface area (Å²) in [5.41, 5.74) is 2.86. The number of methoxy groups -OCH3 is 1. The number of nitrogens with zero attached hydrogens (tertiary/aromatic N) is 2. The van der Waals surface area contributed by atoms with Crippen molar-refractivity contribution >= 4 is 28.8 Å². The molecule has 2 amide bonds. The van der Waals surface area contributed by atoms with E-state index >= 15 is 0 Å². The maximum Gasteiger partial charge on any atom is 0.282 e. The Morgan fingerprint density at radius 2 is 1.62 bits per heavy atom. The molecule has 0 N–H and O–H groups in total. The number of halogens is 2. The Morgan fingerprint density at radius 1 is 0.875 bits per heavy atom. The van der Waals surface area contributed by atoms with Crippen LogP contribution in [0.3, 0.4) is 0 Å². The van der Waals surface area contributed by atoms with Crippen LogP contribution in [-0.2, 0) is 16.0 Å². The van der Waals surface area contributed by atoms with E-state index in [9.17, 15) is 18.4 Å². The molecule has 0 aliphatic carbocycles.